The Labute approximate surface area is 101 Å². The van der Waals surface area contributed by atoms with Gasteiger partial charge >= 0.3 is 0 Å². The van der Waals surface area contributed by atoms with Crippen LogP contribution in [0.2, 0.25) is 0 Å². The van der Waals surface area contributed by atoms with E-state index in [1.165, 1.54) is 5.56 Å². The summed E-state index contributed by atoms with van der Waals surface area (Å²) in [6.45, 7) is 4.59. The van der Waals surface area contributed by atoms with Gasteiger partial charge in [0.25, 0.3) is 0 Å². The number of aromatic nitrogens is 1. The quantitative estimate of drug-likeness (QED) is 0.803. The van der Waals surface area contributed by atoms with Gasteiger partial charge in [-0.2, -0.15) is 0 Å². The molecule has 1 aromatic heterocycles. The molecule has 17 heavy (non-hydrogen) atoms. The number of aryl methyl sites for hydroxylation is 1. The Morgan fingerprint density at radius 2 is 1.71 bits per heavy atom. The molecule has 0 bridgehead atoms. The number of benzene rings is 1. The highest BCUT2D eigenvalue weighted by molar-refractivity contribution is 5.32. The average molecular weight is 229 g/mol. The zero-order valence-corrected chi connectivity index (χ0v) is 10.0. The number of hydrogen-bond donors (Lipinski definition) is 0. The molecule has 2 rings (SSSR count). The first kappa shape index (κ1) is 11.5. The highest BCUT2D eigenvalue weighted by Crippen LogP contribution is 2.22. The minimum absolute atomic E-state index is 0.615. The second kappa shape index (κ2) is 5.34. The smallest absolute Gasteiger partial charge is 0.213 e. The molecule has 0 atom stereocenters. The first-order valence-corrected chi connectivity index (χ1v) is 5.61. The third-order valence-corrected chi connectivity index (χ3v) is 2.26. The summed E-state index contributed by atoms with van der Waals surface area (Å²) in [5.41, 5.74) is 1.21. The summed E-state index contributed by atoms with van der Waals surface area (Å²) in [6, 6.07) is 11.5. The van der Waals surface area contributed by atoms with E-state index in [-0.39, 0.29) is 0 Å². The van der Waals surface area contributed by atoms with Crippen LogP contribution in [0.3, 0.4) is 0 Å². The van der Waals surface area contributed by atoms with E-state index < -0.39 is 0 Å². The molecule has 2 aromatic rings. The average Bonchev–Trinajstić information content (AvgIpc) is 2.35. The Bertz CT molecular complexity index is 463. The summed E-state index contributed by atoms with van der Waals surface area (Å²) in [7, 11) is 0. The van der Waals surface area contributed by atoms with E-state index in [1.54, 1.807) is 12.3 Å². The van der Waals surface area contributed by atoms with Crippen molar-refractivity contribution in [1.29, 1.82) is 0 Å². The maximum atomic E-state index is 5.65. The Kier molecular flexibility index (Phi) is 3.60. The van der Waals surface area contributed by atoms with Crippen LogP contribution < -0.4 is 9.47 Å². The van der Waals surface area contributed by atoms with Crippen molar-refractivity contribution >= 4 is 0 Å². The predicted molar refractivity (Wildman–Crippen MR) is 66.7 cm³/mol. The molecule has 0 spiro atoms. The standard InChI is InChI=1S/C14H15NO2/c1-3-16-14-9-8-13(10-15-14)17-12-6-4-11(2)5-7-12/h4-10H,3H2,1-2H3. The van der Waals surface area contributed by atoms with Gasteiger partial charge in [-0.3, -0.25) is 0 Å². The van der Waals surface area contributed by atoms with Crippen LogP contribution in [0.1, 0.15) is 12.5 Å². The van der Waals surface area contributed by atoms with Crippen molar-refractivity contribution in [2.75, 3.05) is 6.61 Å². The van der Waals surface area contributed by atoms with Gasteiger partial charge in [-0.1, -0.05) is 17.7 Å². The van der Waals surface area contributed by atoms with E-state index in [9.17, 15) is 0 Å². The van der Waals surface area contributed by atoms with Gasteiger partial charge in [0.1, 0.15) is 11.5 Å². The molecule has 0 amide bonds. The Balaban J connectivity index is 2.05. The van der Waals surface area contributed by atoms with E-state index >= 15 is 0 Å². The molecular weight excluding hydrogens is 214 g/mol. The molecule has 0 unspecified atom stereocenters. The van der Waals surface area contributed by atoms with Crippen molar-refractivity contribution in [3.8, 4) is 17.4 Å². The highest BCUT2D eigenvalue weighted by Gasteiger charge is 1.99. The lowest BCUT2D eigenvalue weighted by atomic mass is 10.2. The van der Waals surface area contributed by atoms with Crippen LogP contribution in [0.15, 0.2) is 42.6 Å². The van der Waals surface area contributed by atoms with Gasteiger partial charge in [0.2, 0.25) is 5.88 Å². The molecule has 0 saturated heterocycles. The second-order valence-corrected chi connectivity index (χ2v) is 3.68. The predicted octanol–water partition coefficient (Wildman–Crippen LogP) is 3.58. The van der Waals surface area contributed by atoms with E-state index in [0.717, 1.165) is 5.75 Å². The first-order chi connectivity index (χ1) is 8.28. The minimum atomic E-state index is 0.615. The molecule has 0 fully saturated rings. The number of pyridine rings is 1. The van der Waals surface area contributed by atoms with Gasteiger partial charge < -0.3 is 9.47 Å². The van der Waals surface area contributed by atoms with Crippen molar-refractivity contribution in [3.63, 3.8) is 0 Å². The zero-order chi connectivity index (χ0) is 12.1. The Morgan fingerprint density at radius 1 is 1.00 bits per heavy atom. The van der Waals surface area contributed by atoms with E-state index in [1.807, 2.05) is 44.2 Å². The van der Waals surface area contributed by atoms with Crippen molar-refractivity contribution < 1.29 is 9.47 Å². The fourth-order valence-corrected chi connectivity index (χ4v) is 1.40. The van der Waals surface area contributed by atoms with Gasteiger partial charge in [-0.25, -0.2) is 4.98 Å². The maximum absolute atomic E-state index is 5.65. The van der Waals surface area contributed by atoms with Crippen molar-refractivity contribution in [1.82, 2.24) is 4.98 Å². The SMILES string of the molecule is CCOc1ccc(Oc2ccc(C)cc2)cn1. The molecule has 0 aliphatic rings. The summed E-state index contributed by atoms with van der Waals surface area (Å²) < 4.78 is 10.9. The third kappa shape index (κ3) is 3.21. The van der Waals surface area contributed by atoms with Crippen molar-refractivity contribution in [2.45, 2.75) is 13.8 Å². The number of nitrogens with zero attached hydrogens (tertiary/aromatic N) is 1. The van der Waals surface area contributed by atoms with Gasteiger partial charge in [0, 0.05) is 6.07 Å². The van der Waals surface area contributed by atoms with Gasteiger partial charge in [-0.15, -0.1) is 0 Å². The highest BCUT2D eigenvalue weighted by atomic mass is 16.5. The van der Waals surface area contributed by atoms with Crippen LogP contribution in [0.4, 0.5) is 0 Å². The molecule has 0 radical (unpaired) electrons. The lowest BCUT2D eigenvalue weighted by molar-refractivity contribution is 0.325. The summed E-state index contributed by atoms with van der Waals surface area (Å²) >= 11 is 0. The van der Waals surface area contributed by atoms with Crippen LogP contribution in [-0.2, 0) is 0 Å². The summed E-state index contributed by atoms with van der Waals surface area (Å²) in [4.78, 5) is 4.13. The molecule has 1 aromatic carbocycles. The number of rotatable bonds is 4. The molecule has 0 saturated carbocycles. The fourth-order valence-electron chi connectivity index (χ4n) is 1.40. The lowest BCUT2D eigenvalue weighted by Crippen LogP contribution is -1.94. The normalized spacial score (nSPS) is 10.0. The second-order valence-electron chi connectivity index (χ2n) is 3.68. The molecule has 0 aliphatic carbocycles. The molecule has 3 nitrogen and oxygen atoms in total. The van der Waals surface area contributed by atoms with Gasteiger partial charge in [0.05, 0.1) is 12.8 Å². The van der Waals surface area contributed by atoms with Crippen LogP contribution in [0, 0.1) is 6.92 Å². The van der Waals surface area contributed by atoms with Crippen LogP contribution in [0.25, 0.3) is 0 Å². The maximum Gasteiger partial charge on any atom is 0.213 e. The number of hydrogen-bond acceptors (Lipinski definition) is 3. The van der Waals surface area contributed by atoms with Crippen LogP contribution >= 0.6 is 0 Å². The molecule has 0 N–H and O–H groups in total. The Morgan fingerprint density at radius 3 is 2.29 bits per heavy atom. The molecule has 3 heteroatoms. The van der Waals surface area contributed by atoms with Crippen molar-refractivity contribution in [3.05, 3.63) is 48.2 Å². The summed E-state index contributed by atoms with van der Waals surface area (Å²) in [5, 5.41) is 0. The van der Waals surface area contributed by atoms with E-state index in [2.05, 4.69) is 4.98 Å². The first-order valence-electron chi connectivity index (χ1n) is 5.61. The van der Waals surface area contributed by atoms with E-state index in [0.29, 0.717) is 18.2 Å². The minimum Gasteiger partial charge on any atom is -0.478 e. The zero-order valence-electron chi connectivity index (χ0n) is 10.0. The lowest BCUT2D eigenvalue weighted by Gasteiger charge is -2.06. The molecule has 1 heterocycles. The fraction of sp³-hybridized carbons (Fsp3) is 0.214. The van der Waals surface area contributed by atoms with Crippen molar-refractivity contribution in [2.24, 2.45) is 0 Å². The summed E-state index contributed by atoms with van der Waals surface area (Å²) in [6.07, 6.45) is 1.66. The topological polar surface area (TPSA) is 31.4 Å². The van der Waals surface area contributed by atoms with Crippen LogP contribution in [0.5, 0.6) is 17.4 Å². The number of ether oxygens (including phenoxy) is 2. The largest absolute Gasteiger partial charge is 0.478 e. The van der Waals surface area contributed by atoms with Gasteiger partial charge in [-0.05, 0) is 32.0 Å². The summed E-state index contributed by atoms with van der Waals surface area (Å²) in [5.74, 6) is 2.13. The molecule has 88 valence electrons. The van der Waals surface area contributed by atoms with E-state index in [4.69, 9.17) is 9.47 Å². The van der Waals surface area contributed by atoms with Crippen LogP contribution in [-0.4, -0.2) is 11.6 Å². The molecular formula is C14H15NO2. The monoisotopic (exact) mass is 229 g/mol. The Hall–Kier alpha value is -2.03. The van der Waals surface area contributed by atoms with Gasteiger partial charge in [0.15, 0.2) is 0 Å². The third-order valence-electron chi connectivity index (χ3n) is 2.26. The molecule has 0 aliphatic heterocycles.